The summed E-state index contributed by atoms with van der Waals surface area (Å²) >= 11 is 0. The standard InChI is InChI=1S/C25H21F3N6O3/c26-25(27,28)14-29-22(35)13-37-19-3-1-2-16(8-19)23-33-21-12-36-11-20(21)24(34-23)32-18-6-4-15(5-7-18)17-9-30-31-10-17/h1-10H,11-14H2,(H,29,35)(H,30,31)(H,32,33,34). The van der Waals surface area contributed by atoms with E-state index in [1.807, 2.05) is 30.5 Å². The highest BCUT2D eigenvalue weighted by Gasteiger charge is 2.27. The quantitative estimate of drug-likeness (QED) is 0.323. The van der Waals surface area contributed by atoms with Crippen LogP contribution < -0.4 is 15.4 Å². The monoisotopic (exact) mass is 510 g/mol. The molecule has 0 saturated heterocycles. The van der Waals surface area contributed by atoms with Gasteiger partial charge in [0.05, 0.1) is 25.1 Å². The van der Waals surface area contributed by atoms with Crippen molar-refractivity contribution in [1.82, 2.24) is 25.5 Å². The van der Waals surface area contributed by atoms with Crippen molar-refractivity contribution in [3.8, 4) is 28.3 Å². The zero-order valence-corrected chi connectivity index (χ0v) is 19.3. The maximum atomic E-state index is 12.3. The van der Waals surface area contributed by atoms with Crippen LogP contribution in [0.5, 0.6) is 5.75 Å². The average molecular weight is 510 g/mol. The topological polar surface area (TPSA) is 114 Å². The highest BCUT2D eigenvalue weighted by atomic mass is 19.4. The summed E-state index contributed by atoms with van der Waals surface area (Å²) in [5.41, 5.74) is 5.04. The summed E-state index contributed by atoms with van der Waals surface area (Å²) in [6, 6.07) is 14.5. The number of aromatic nitrogens is 4. The molecule has 0 radical (unpaired) electrons. The summed E-state index contributed by atoms with van der Waals surface area (Å²) in [6.45, 7) is -1.25. The molecule has 0 spiro atoms. The molecule has 0 atom stereocenters. The zero-order chi connectivity index (χ0) is 25.8. The predicted octanol–water partition coefficient (Wildman–Crippen LogP) is 4.36. The van der Waals surface area contributed by atoms with E-state index in [1.54, 1.807) is 35.8 Å². The Morgan fingerprint density at radius 2 is 1.89 bits per heavy atom. The number of amides is 1. The number of alkyl halides is 3. The Kier molecular flexibility index (Phi) is 6.73. The lowest BCUT2D eigenvalue weighted by molar-refractivity contribution is -0.139. The van der Waals surface area contributed by atoms with Crippen LogP contribution in [0.3, 0.4) is 0 Å². The van der Waals surface area contributed by atoms with Gasteiger partial charge in [0.25, 0.3) is 5.91 Å². The fourth-order valence-electron chi connectivity index (χ4n) is 3.70. The van der Waals surface area contributed by atoms with Gasteiger partial charge in [-0.05, 0) is 29.8 Å². The average Bonchev–Trinajstić information content (AvgIpc) is 3.59. The highest BCUT2D eigenvalue weighted by Crippen LogP contribution is 2.31. The van der Waals surface area contributed by atoms with Gasteiger partial charge in [0, 0.05) is 28.6 Å². The maximum Gasteiger partial charge on any atom is 0.405 e. The summed E-state index contributed by atoms with van der Waals surface area (Å²) in [7, 11) is 0. The van der Waals surface area contributed by atoms with Crippen LogP contribution in [0.15, 0.2) is 60.9 Å². The van der Waals surface area contributed by atoms with E-state index >= 15 is 0 Å². The molecule has 1 aliphatic rings. The number of rotatable bonds is 8. The minimum absolute atomic E-state index is 0.296. The second kappa shape index (κ2) is 10.3. The Hall–Kier alpha value is -4.45. The molecule has 3 N–H and O–H groups in total. The van der Waals surface area contributed by atoms with Crippen LogP contribution in [0.25, 0.3) is 22.5 Å². The number of nitrogens with zero attached hydrogens (tertiary/aromatic N) is 3. The number of benzene rings is 2. The smallest absolute Gasteiger partial charge is 0.405 e. The predicted molar refractivity (Wildman–Crippen MR) is 128 cm³/mol. The van der Waals surface area contributed by atoms with Gasteiger partial charge in [0.1, 0.15) is 18.1 Å². The zero-order valence-electron chi connectivity index (χ0n) is 19.3. The third-order valence-corrected chi connectivity index (χ3v) is 5.51. The molecule has 0 fully saturated rings. The van der Waals surface area contributed by atoms with Crippen LogP contribution in [0.2, 0.25) is 0 Å². The summed E-state index contributed by atoms with van der Waals surface area (Å²) in [4.78, 5) is 21.0. The molecule has 0 saturated carbocycles. The number of halogens is 3. The number of ether oxygens (including phenoxy) is 2. The fraction of sp³-hybridized carbons (Fsp3) is 0.200. The first-order valence-electron chi connectivity index (χ1n) is 11.2. The van der Waals surface area contributed by atoms with Crippen molar-refractivity contribution >= 4 is 17.4 Å². The molecule has 12 heteroatoms. The number of carbonyl (C=O) groups excluding carboxylic acids is 1. The van der Waals surface area contributed by atoms with Gasteiger partial charge in [-0.2, -0.15) is 18.3 Å². The number of nitrogens with one attached hydrogen (secondary N) is 3. The molecule has 0 unspecified atom stereocenters. The number of carbonyl (C=O) groups is 1. The van der Waals surface area contributed by atoms with Gasteiger partial charge in [-0.3, -0.25) is 9.89 Å². The Morgan fingerprint density at radius 1 is 1.05 bits per heavy atom. The fourth-order valence-corrected chi connectivity index (χ4v) is 3.70. The number of aromatic amines is 1. The van der Waals surface area contributed by atoms with Gasteiger partial charge in [-0.25, -0.2) is 9.97 Å². The molecule has 4 aromatic rings. The molecule has 1 aliphatic heterocycles. The molecule has 9 nitrogen and oxygen atoms in total. The van der Waals surface area contributed by atoms with E-state index < -0.39 is 25.2 Å². The molecule has 3 heterocycles. The molecule has 37 heavy (non-hydrogen) atoms. The molecule has 2 aromatic carbocycles. The number of H-pyrrole nitrogens is 1. The van der Waals surface area contributed by atoms with Crippen molar-refractivity contribution in [2.75, 3.05) is 18.5 Å². The third kappa shape index (κ3) is 6.04. The Morgan fingerprint density at radius 3 is 2.65 bits per heavy atom. The highest BCUT2D eigenvalue weighted by molar-refractivity contribution is 5.77. The lowest BCUT2D eigenvalue weighted by Crippen LogP contribution is -2.36. The van der Waals surface area contributed by atoms with Crippen LogP contribution in [0.4, 0.5) is 24.7 Å². The van der Waals surface area contributed by atoms with Gasteiger partial charge >= 0.3 is 6.18 Å². The maximum absolute atomic E-state index is 12.3. The van der Waals surface area contributed by atoms with Crippen molar-refractivity contribution in [2.24, 2.45) is 0 Å². The first-order chi connectivity index (χ1) is 17.8. The van der Waals surface area contributed by atoms with E-state index in [0.717, 1.165) is 28.1 Å². The Balaban J connectivity index is 1.33. The van der Waals surface area contributed by atoms with Crippen molar-refractivity contribution in [3.05, 3.63) is 72.2 Å². The first-order valence-corrected chi connectivity index (χ1v) is 11.2. The minimum atomic E-state index is -4.49. The Labute approximate surface area is 209 Å². The Bertz CT molecular complexity index is 1390. The van der Waals surface area contributed by atoms with Crippen LogP contribution in [-0.4, -0.2) is 45.4 Å². The summed E-state index contributed by atoms with van der Waals surface area (Å²) < 4.78 is 47.8. The molecule has 2 aromatic heterocycles. The molecule has 0 aliphatic carbocycles. The number of anilines is 2. The van der Waals surface area contributed by atoms with E-state index in [1.165, 1.54) is 0 Å². The largest absolute Gasteiger partial charge is 0.484 e. The van der Waals surface area contributed by atoms with E-state index in [9.17, 15) is 18.0 Å². The minimum Gasteiger partial charge on any atom is -0.484 e. The van der Waals surface area contributed by atoms with Gasteiger partial charge in [0.15, 0.2) is 12.4 Å². The van der Waals surface area contributed by atoms with Crippen LogP contribution in [-0.2, 0) is 22.7 Å². The van der Waals surface area contributed by atoms with E-state index in [0.29, 0.717) is 36.2 Å². The molecule has 190 valence electrons. The summed E-state index contributed by atoms with van der Waals surface area (Å²) in [5, 5.41) is 11.9. The molecule has 5 rings (SSSR count). The van der Waals surface area contributed by atoms with E-state index in [-0.39, 0.29) is 0 Å². The number of hydrogen-bond acceptors (Lipinski definition) is 7. The summed E-state index contributed by atoms with van der Waals surface area (Å²) in [6.07, 6.45) is -0.926. The van der Waals surface area contributed by atoms with Gasteiger partial charge < -0.3 is 20.1 Å². The lowest BCUT2D eigenvalue weighted by Gasteiger charge is -2.13. The molecule has 0 bridgehead atoms. The second-order valence-electron chi connectivity index (χ2n) is 8.21. The molecular formula is C25H21F3N6O3. The van der Waals surface area contributed by atoms with Crippen LogP contribution in [0.1, 0.15) is 11.3 Å². The van der Waals surface area contributed by atoms with Gasteiger partial charge in [0.2, 0.25) is 0 Å². The van der Waals surface area contributed by atoms with Crippen LogP contribution >= 0.6 is 0 Å². The van der Waals surface area contributed by atoms with Gasteiger partial charge in [-0.15, -0.1) is 0 Å². The first kappa shape index (κ1) is 24.3. The third-order valence-electron chi connectivity index (χ3n) is 5.51. The summed E-state index contributed by atoms with van der Waals surface area (Å²) in [5.74, 6) is 0.434. The number of fused-ring (bicyclic) bond motifs is 1. The van der Waals surface area contributed by atoms with Crippen molar-refractivity contribution < 1.29 is 27.4 Å². The van der Waals surface area contributed by atoms with Crippen molar-refractivity contribution in [1.29, 1.82) is 0 Å². The lowest BCUT2D eigenvalue weighted by atomic mass is 10.1. The van der Waals surface area contributed by atoms with E-state index in [4.69, 9.17) is 14.5 Å². The van der Waals surface area contributed by atoms with Crippen molar-refractivity contribution in [3.63, 3.8) is 0 Å². The molecule has 1 amide bonds. The van der Waals surface area contributed by atoms with Gasteiger partial charge in [-0.1, -0.05) is 24.3 Å². The SMILES string of the molecule is O=C(COc1cccc(-c2nc3c(c(Nc4ccc(-c5cn[nH]c5)cc4)n2)COC3)c1)NCC(F)(F)F. The van der Waals surface area contributed by atoms with E-state index in [2.05, 4.69) is 20.5 Å². The molecular weight excluding hydrogens is 489 g/mol. The van der Waals surface area contributed by atoms with Crippen LogP contribution in [0, 0.1) is 0 Å². The number of hydrogen-bond donors (Lipinski definition) is 3. The van der Waals surface area contributed by atoms with Crippen molar-refractivity contribution in [2.45, 2.75) is 19.4 Å². The second-order valence-corrected chi connectivity index (χ2v) is 8.21. The normalized spacial score (nSPS) is 12.7.